The second-order valence-electron chi connectivity index (χ2n) is 7.29. The van der Waals surface area contributed by atoms with Gasteiger partial charge in [0.15, 0.2) is 0 Å². The summed E-state index contributed by atoms with van der Waals surface area (Å²) in [5.74, 6) is -0.152. The predicted molar refractivity (Wildman–Crippen MR) is 126 cm³/mol. The molecule has 0 atom stereocenters. The Kier molecular flexibility index (Phi) is 5.36. The van der Waals surface area contributed by atoms with Gasteiger partial charge in [-0.2, -0.15) is 11.3 Å². The maximum Gasteiger partial charge on any atom is 0.258 e. The molecule has 0 spiro atoms. The van der Waals surface area contributed by atoms with Crippen LogP contribution in [0.25, 0.3) is 10.6 Å². The summed E-state index contributed by atoms with van der Waals surface area (Å²) in [6, 6.07) is 17.1. The van der Waals surface area contributed by atoms with Crippen LogP contribution in [0.1, 0.15) is 21.6 Å². The first-order chi connectivity index (χ1) is 15.2. The summed E-state index contributed by atoms with van der Waals surface area (Å²) < 4.78 is 0. The number of carbonyl (C=O) groups excluding carboxylic acids is 2. The second kappa shape index (κ2) is 8.45. The van der Waals surface area contributed by atoms with Gasteiger partial charge in [-0.25, -0.2) is 4.98 Å². The van der Waals surface area contributed by atoms with Crippen molar-refractivity contribution in [2.24, 2.45) is 0 Å². The van der Waals surface area contributed by atoms with Crippen LogP contribution in [0.2, 0.25) is 0 Å². The second-order valence-corrected chi connectivity index (χ2v) is 8.93. The first kappa shape index (κ1) is 19.7. The van der Waals surface area contributed by atoms with E-state index in [0.29, 0.717) is 17.8 Å². The van der Waals surface area contributed by atoms with Crippen molar-refractivity contribution < 1.29 is 9.59 Å². The largest absolute Gasteiger partial charge is 0.326 e. The Morgan fingerprint density at radius 2 is 1.87 bits per heavy atom. The molecule has 1 aliphatic rings. The highest BCUT2D eigenvalue weighted by molar-refractivity contribution is 7.14. The van der Waals surface area contributed by atoms with Crippen LogP contribution in [0.3, 0.4) is 0 Å². The van der Waals surface area contributed by atoms with Gasteiger partial charge in [-0.15, -0.1) is 11.3 Å². The summed E-state index contributed by atoms with van der Waals surface area (Å²) in [5.41, 5.74) is 5.29. The van der Waals surface area contributed by atoms with E-state index in [0.717, 1.165) is 28.4 Å². The fourth-order valence-corrected chi connectivity index (χ4v) is 5.21. The Balaban J connectivity index is 1.21. The molecule has 2 amide bonds. The highest BCUT2D eigenvalue weighted by atomic mass is 32.1. The molecule has 7 heteroatoms. The third kappa shape index (κ3) is 4.15. The molecule has 4 aromatic rings. The molecule has 0 saturated carbocycles. The van der Waals surface area contributed by atoms with E-state index in [4.69, 9.17) is 0 Å². The van der Waals surface area contributed by atoms with E-state index in [2.05, 4.69) is 16.4 Å². The number of benzene rings is 2. The first-order valence-corrected chi connectivity index (χ1v) is 11.8. The number of nitrogens with zero attached hydrogens (tertiary/aromatic N) is 2. The minimum atomic E-state index is -0.130. The SMILES string of the molecule is O=C(Cc1csc(-c2ccsc2)n1)Nc1ccc(C(=O)N2CCc3ccccc32)cc1. The van der Waals surface area contributed by atoms with Crippen molar-refractivity contribution in [2.75, 3.05) is 16.8 Å². The van der Waals surface area contributed by atoms with Gasteiger partial charge in [-0.1, -0.05) is 18.2 Å². The van der Waals surface area contributed by atoms with Crippen molar-refractivity contribution in [3.8, 4) is 10.6 Å². The lowest BCUT2D eigenvalue weighted by atomic mass is 10.1. The number of hydrogen-bond donors (Lipinski definition) is 1. The van der Waals surface area contributed by atoms with Gasteiger partial charge in [0.2, 0.25) is 5.91 Å². The van der Waals surface area contributed by atoms with Crippen LogP contribution in [-0.2, 0) is 17.6 Å². The van der Waals surface area contributed by atoms with Crippen LogP contribution in [0.4, 0.5) is 11.4 Å². The van der Waals surface area contributed by atoms with Crippen molar-refractivity contribution in [1.29, 1.82) is 0 Å². The number of carbonyl (C=O) groups is 2. The van der Waals surface area contributed by atoms with Crippen molar-refractivity contribution in [3.05, 3.63) is 87.6 Å². The van der Waals surface area contributed by atoms with Crippen LogP contribution in [0, 0.1) is 0 Å². The zero-order chi connectivity index (χ0) is 21.2. The Bertz CT molecular complexity index is 1230. The maximum atomic E-state index is 12.9. The van der Waals surface area contributed by atoms with Crippen molar-refractivity contribution in [2.45, 2.75) is 12.8 Å². The minimum absolute atomic E-state index is 0.0220. The van der Waals surface area contributed by atoms with Crippen LogP contribution < -0.4 is 10.2 Å². The van der Waals surface area contributed by atoms with Gasteiger partial charge < -0.3 is 10.2 Å². The van der Waals surface area contributed by atoms with E-state index < -0.39 is 0 Å². The molecule has 3 heterocycles. The molecule has 2 aromatic carbocycles. The standard InChI is InChI=1S/C24H19N3O2S2/c28-22(13-20-15-31-23(26-20)18-10-12-30-14-18)25-19-7-5-17(6-8-19)24(29)27-11-9-16-3-1-2-4-21(16)27/h1-8,10,12,14-15H,9,11,13H2,(H,25,28). The van der Waals surface area contributed by atoms with Gasteiger partial charge in [0.25, 0.3) is 5.91 Å². The molecule has 0 saturated heterocycles. The van der Waals surface area contributed by atoms with Crippen LogP contribution in [0.5, 0.6) is 0 Å². The number of anilines is 2. The molecule has 0 bridgehead atoms. The fraction of sp³-hybridized carbons (Fsp3) is 0.125. The van der Waals surface area contributed by atoms with E-state index >= 15 is 0 Å². The summed E-state index contributed by atoms with van der Waals surface area (Å²) in [6.45, 7) is 0.692. The first-order valence-electron chi connectivity index (χ1n) is 9.94. The molecule has 1 aliphatic heterocycles. The molecule has 0 radical (unpaired) electrons. The van der Waals surface area contributed by atoms with Crippen molar-refractivity contribution in [3.63, 3.8) is 0 Å². The number of thiophene rings is 1. The van der Waals surface area contributed by atoms with Gasteiger partial charge >= 0.3 is 0 Å². The zero-order valence-electron chi connectivity index (χ0n) is 16.6. The van der Waals surface area contributed by atoms with E-state index in [-0.39, 0.29) is 18.2 Å². The highest BCUT2D eigenvalue weighted by Crippen LogP contribution is 2.29. The Morgan fingerprint density at radius 3 is 2.68 bits per heavy atom. The third-order valence-corrected chi connectivity index (χ3v) is 6.83. The number of amides is 2. The Morgan fingerprint density at radius 1 is 1.03 bits per heavy atom. The maximum absolute atomic E-state index is 12.9. The molecule has 2 aromatic heterocycles. The molecule has 5 nitrogen and oxygen atoms in total. The molecular formula is C24H19N3O2S2. The smallest absolute Gasteiger partial charge is 0.258 e. The summed E-state index contributed by atoms with van der Waals surface area (Å²) in [5, 5.41) is 9.80. The van der Waals surface area contributed by atoms with E-state index in [1.807, 2.05) is 45.3 Å². The molecule has 0 aliphatic carbocycles. The average Bonchev–Trinajstić information content (AvgIpc) is 3.54. The quantitative estimate of drug-likeness (QED) is 0.456. The summed E-state index contributed by atoms with van der Waals surface area (Å²) in [4.78, 5) is 31.7. The average molecular weight is 446 g/mol. The molecule has 0 fully saturated rings. The lowest BCUT2D eigenvalue weighted by Gasteiger charge is -2.17. The highest BCUT2D eigenvalue weighted by Gasteiger charge is 2.25. The minimum Gasteiger partial charge on any atom is -0.326 e. The normalized spacial score (nSPS) is 12.6. The fourth-order valence-electron chi connectivity index (χ4n) is 3.68. The summed E-state index contributed by atoms with van der Waals surface area (Å²) in [6.07, 6.45) is 1.09. The summed E-state index contributed by atoms with van der Waals surface area (Å²) >= 11 is 3.17. The van der Waals surface area contributed by atoms with Crippen LogP contribution in [0.15, 0.2) is 70.7 Å². The van der Waals surface area contributed by atoms with E-state index in [1.54, 1.807) is 46.9 Å². The zero-order valence-corrected chi connectivity index (χ0v) is 18.2. The Labute approximate surface area is 188 Å². The molecule has 5 rings (SSSR count). The molecule has 154 valence electrons. The monoisotopic (exact) mass is 445 g/mol. The summed E-state index contributed by atoms with van der Waals surface area (Å²) in [7, 11) is 0. The number of para-hydroxylation sites is 1. The van der Waals surface area contributed by atoms with Crippen LogP contribution >= 0.6 is 22.7 Å². The number of hydrogen-bond acceptors (Lipinski definition) is 5. The number of aromatic nitrogens is 1. The molecule has 0 unspecified atom stereocenters. The van der Waals surface area contributed by atoms with Gasteiger partial charge in [0, 0.05) is 39.8 Å². The molecule has 1 N–H and O–H groups in total. The van der Waals surface area contributed by atoms with Crippen molar-refractivity contribution >= 4 is 45.9 Å². The Hall–Kier alpha value is -3.29. The van der Waals surface area contributed by atoms with Crippen molar-refractivity contribution in [1.82, 2.24) is 4.98 Å². The number of rotatable bonds is 5. The predicted octanol–water partition coefficient (Wildman–Crippen LogP) is 5.26. The van der Waals surface area contributed by atoms with Gasteiger partial charge in [-0.05, 0) is 53.8 Å². The van der Waals surface area contributed by atoms with Crippen LogP contribution in [-0.4, -0.2) is 23.3 Å². The van der Waals surface area contributed by atoms with Gasteiger partial charge in [0.1, 0.15) is 5.01 Å². The third-order valence-electron chi connectivity index (χ3n) is 5.21. The lowest BCUT2D eigenvalue weighted by molar-refractivity contribution is -0.115. The number of thiazole rings is 1. The molecular weight excluding hydrogens is 426 g/mol. The lowest BCUT2D eigenvalue weighted by Crippen LogP contribution is -2.28. The van der Waals surface area contributed by atoms with E-state index in [1.165, 1.54) is 5.56 Å². The van der Waals surface area contributed by atoms with Gasteiger partial charge in [-0.3, -0.25) is 9.59 Å². The molecule has 31 heavy (non-hydrogen) atoms. The van der Waals surface area contributed by atoms with Gasteiger partial charge in [0.05, 0.1) is 12.1 Å². The topological polar surface area (TPSA) is 62.3 Å². The number of nitrogens with one attached hydrogen (secondary N) is 1. The number of fused-ring (bicyclic) bond motifs is 1. The van der Waals surface area contributed by atoms with E-state index in [9.17, 15) is 9.59 Å².